The van der Waals surface area contributed by atoms with E-state index in [1.165, 1.54) is 0 Å². The lowest BCUT2D eigenvalue weighted by Gasteiger charge is -2.22. The van der Waals surface area contributed by atoms with Crippen LogP contribution < -0.4 is 5.32 Å². The zero-order chi connectivity index (χ0) is 24.1. The third-order valence-electron chi connectivity index (χ3n) is 4.24. The number of carbonyl (C=O) groups excluding carboxylic acids is 2. The van der Waals surface area contributed by atoms with Gasteiger partial charge in [-0.05, 0) is 64.3 Å². The number of carboxylic acid groups (broad SMARTS) is 1. The number of ether oxygens (including phenoxy) is 2. The van der Waals surface area contributed by atoms with E-state index < -0.39 is 35.3 Å². The number of alkyl carbamates (subject to hydrolysis) is 1. The van der Waals surface area contributed by atoms with E-state index in [4.69, 9.17) is 9.47 Å². The first-order chi connectivity index (χ1) is 14.7. The van der Waals surface area contributed by atoms with Crippen molar-refractivity contribution < 1.29 is 29.0 Å². The van der Waals surface area contributed by atoms with Crippen LogP contribution in [0.15, 0.2) is 48.5 Å². The molecular formula is C25H31NO6. The lowest BCUT2D eigenvalue weighted by atomic mass is 9.97. The lowest BCUT2D eigenvalue weighted by molar-refractivity contribution is -0.139. The first-order valence-electron chi connectivity index (χ1n) is 10.4. The van der Waals surface area contributed by atoms with Crippen LogP contribution in [0.1, 0.15) is 57.5 Å². The van der Waals surface area contributed by atoms with Gasteiger partial charge in [-0.25, -0.2) is 14.4 Å². The predicted molar refractivity (Wildman–Crippen MR) is 122 cm³/mol. The molecule has 0 saturated heterocycles. The van der Waals surface area contributed by atoms with Crippen LogP contribution >= 0.6 is 0 Å². The Morgan fingerprint density at radius 3 is 1.97 bits per heavy atom. The molecule has 0 unspecified atom stereocenters. The molecule has 0 aliphatic carbocycles. The van der Waals surface area contributed by atoms with Gasteiger partial charge in [-0.3, -0.25) is 0 Å². The molecule has 0 heterocycles. The van der Waals surface area contributed by atoms with Crippen molar-refractivity contribution in [2.24, 2.45) is 0 Å². The molecule has 0 spiro atoms. The minimum Gasteiger partial charge on any atom is -0.480 e. The second-order valence-corrected chi connectivity index (χ2v) is 9.49. The van der Waals surface area contributed by atoms with Crippen molar-refractivity contribution in [3.8, 4) is 11.1 Å². The van der Waals surface area contributed by atoms with Gasteiger partial charge in [0, 0.05) is 6.42 Å². The second kappa shape index (κ2) is 9.85. The number of esters is 1. The summed E-state index contributed by atoms with van der Waals surface area (Å²) in [6.07, 6.45) is -0.699. The number of benzene rings is 2. The van der Waals surface area contributed by atoms with E-state index >= 15 is 0 Å². The van der Waals surface area contributed by atoms with Crippen LogP contribution in [-0.4, -0.2) is 40.4 Å². The van der Waals surface area contributed by atoms with Crippen LogP contribution in [0.4, 0.5) is 4.79 Å². The largest absolute Gasteiger partial charge is 0.480 e. The Kier molecular flexibility index (Phi) is 7.67. The zero-order valence-corrected chi connectivity index (χ0v) is 19.4. The topological polar surface area (TPSA) is 102 Å². The highest BCUT2D eigenvalue weighted by molar-refractivity contribution is 5.97. The number of carbonyl (C=O) groups is 3. The highest BCUT2D eigenvalue weighted by Crippen LogP contribution is 2.26. The Morgan fingerprint density at radius 1 is 0.875 bits per heavy atom. The molecule has 0 fully saturated rings. The normalized spacial score (nSPS) is 12.6. The average molecular weight is 442 g/mol. The van der Waals surface area contributed by atoms with Crippen LogP contribution in [0.5, 0.6) is 0 Å². The highest BCUT2D eigenvalue weighted by atomic mass is 16.6. The Balaban J connectivity index is 2.19. The van der Waals surface area contributed by atoms with Crippen LogP contribution in [0, 0.1) is 0 Å². The van der Waals surface area contributed by atoms with Crippen molar-refractivity contribution in [3.63, 3.8) is 0 Å². The number of rotatable bonds is 6. The van der Waals surface area contributed by atoms with E-state index in [0.29, 0.717) is 11.1 Å². The van der Waals surface area contributed by atoms with Gasteiger partial charge in [0.15, 0.2) is 0 Å². The van der Waals surface area contributed by atoms with Gasteiger partial charge in [-0.15, -0.1) is 0 Å². The van der Waals surface area contributed by atoms with Crippen molar-refractivity contribution in [2.45, 2.75) is 65.2 Å². The molecule has 0 aliphatic rings. The van der Waals surface area contributed by atoms with Gasteiger partial charge in [0.1, 0.15) is 17.2 Å². The Hall–Kier alpha value is -3.35. The third-order valence-corrected chi connectivity index (χ3v) is 4.24. The van der Waals surface area contributed by atoms with Gasteiger partial charge in [0.25, 0.3) is 0 Å². The number of amides is 1. The molecule has 7 nitrogen and oxygen atoms in total. The highest BCUT2D eigenvalue weighted by Gasteiger charge is 2.24. The number of nitrogens with one attached hydrogen (secondary N) is 1. The standard InChI is InChI=1S/C25H31NO6/c1-24(2,3)31-22(29)19-10-8-7-9-18(19)17-13-11-16(12-14-17)15-20(21(27)28)26-23(30)32-25(4,5)6/h7-14,20H,15H2,1-6H3,(H,26,30)(H,27,28)/t20-/m0/s1. The summed E-state index contributed by atoms with van der Waals surface area (Å²) in [5.74, 6) is -1.57. The van der Waals surface area contributed by atoms with Crippen LogP contribution in [0.25, 0.3) is 11.1 Å². The van der Waals surface area contributed by atoms with Gasteiger partial charge >= 0.3 is 18.0 Å². The summed E-state index contributed by atoms with van der Waals surface area (Å²) in [6.45, 7) is 10.5. The average Bonchev–Trinajstić information content (AvgIpc) is 2.65. The van der Waals surface area contributed by atoms with E-state index in [2.05, 4.69) is 5.32 Å². The van der Waals surface area contributed by atoms with E-state index in [0.717, 1.165) is 11.1 Å². The molecule has 0 saturated carbocycles. The van der Waals surface area contributed by atoms with Crippen LogP contribution in [0.2, 0.25) is 0 Å². The van der Waals surface area contributed by atoms with E-state index in [1.54, 1.807) is 45.0 Å². The summed E-state index contributed by atoms with van der Waals surface area (Å²) in [7, 11) is 0. The molecular weight excluding hydrogens is 410 g/mol. The molecule has 2 N–H and O–H groups in total. The molecule has 0 aromatic heterocycles. The molecule has 0 radical (unpaired) electrons. The van der Waals surface area contributed by atoms with Gasteiger partial charge < -0.3 is 19.9 Å². The maximum Gasteiger partial charge on any atom is 0.408 e. The summed E-state index contributed by atoms with van der Waals surface area (Å²) < 4.78 is 10.6. The quantitative estimate of drug-likeness (QED) is 0.623. The van der Waals surface area contributed by atoms with Gasteiger partial charge in [-0.2, -0.15) is 0 Å². The summed E-state index contributed by atoms with van der Waals surface area (Å²) in [5, 5.41) is 11.9. The van der Waals surface area contributed by atoms with Crippen molar-refractivity contribution >= 4 is 18.0 Å². The van der Waals surface area contributed by atoms with E-state index in [-0.39, 0.29) is 6.42 Å². The molecule has 32 heavy (non-hydrogen) atoms. The Labute approximate surface area is 188 Å². The molecule has 2 aromatic carbocycles. The number of hydrogen-bond donors (Lipinski definition) is 2. The fourth-order valence-electron chi connectivity index (χ4n) is 2.95. The molecule has 2 aromatic rings. The smallest absolute Gasteiger partial charge is 0.408 e. The maximum absolute atomic E-state index is 12.6. The Morgan fingerprint density at radius 2 is 1.44 bits per heavy atom. The summed E-state index contributed by atoms with van der Waals surface area (Å²) >= 11 is 0. The number of aliphatic carboxylic acids is 1. The molecule has 1 amide bonds. The Bertz CT molecular complexity index is 967. The molecule has 1 atom stereocenters. The first kappa shape index (κ1) is 24.9. The predicted octanol–water partition coefficient (Wildman–Crippen LogP) is 4.83. The lowest BCUT2D eigenvalue weighted by Crippen LogP contribution is -2.44. The minimum atomic E-state index is -1.16. The maximum atomic E-state index is 12.6. The minimum absolute atomic E-state index is 0.0859. The number of carboxylic acids is 1. The molecule has 7 heteroatoms. The molecule has 2 rings (SSSR count). The van der Waals surface area contributed by atoms with Gasteiger partial charge in [-0.1, -0.05) is 42.5 Å². The fourth-order valence-corrected chi connectivity index (χ4v) is 2.95. The third kappa shape index (κ3) is 7.72. The van der Waals surface area contributed by atoms with Gasteiger partial charge in [0.05, 0.1) is 5.56 Å². The van der Waals surface area contributed by atoms with Crippen molar-refractivity contribution in [1.82, 2.24) is 5.32 Å². The van der Waals surface area contributed by atoms with Crippen molar-refractivity contribution in [3.05, 3.63) is 59.7 Å². The monoisotopic (exact) mass is 441 g/mol. The van der Waals surface area contributed by atoms with Crippen molar-refractivity contribution in [2.75, 3.05) is 0 Å². The first-order valence-corrected chi connectivity index (χ1v) is 10.4. The summed E-state index contributed by atoms with van der Waals surface area (Å²) in [6, 6.07) is 13.2. The second-order valence-electron chi connectivity index (χ2n) is 9.49. The van der Waals surface area contributed by atoms with E-state index in [9.17, 15) is 19.5 Å². The number of hydrogen-bond acceptors (Lipinski definition) is 5. The molecule has 0 bridgehead atoms. The van der Waals surface area contributed by atoms with Gasteiger partial charge in [0.2, 0.25) is 0 Å². The summed E-state index contributed by atoms with van der Waals surface area (Å²) in [5.41, 5.74) is 1.34. The zero-order valence-electron chi connectivity index (χ0n) is 19.4. The van der Waals surface area contributed by atoms with Crippen LogP contribution in [-0.2, 0) is 20.7 Å². The fraction of sp³-hybridized carbons (Fsp3) is 0.400. The van der Waals surface area contributed by atoms with Crippen molar-refractivity contribution in [1.29, 1.82) is 0 Å². The molecule has 0 aliphatic heterocycles. The SMILES string of the molecule is CC(C)(C)OC(=O)N[C@@H](Cc1ccc(-c2ccccc2C(=O)OC(C)(C)C)cc1)C(=O)O. The summed E-state index contributed by atoms with van der Waals surface area (Å²) in [4.78, 5) is 36.2. The van der Waals surface area contributed by atoms with Crippen LogP contribution in [0.3, 0.4) is 0 Å². The molecule has 172 valence electrons. The van der Waals surface area contributed by atoms with E-state index in [1.807, 2.05) is 45.0 Å².